The predicted molar refractivity (Wildman–Crippen MR) is 88.0 cm³/mol. The smallest absolute Gasteiger partial charge is 0.177 e. The zero-order valence-electron chi connectivity index (χ0n) is 11.7. The Balaban J connectivity index is 1.89. The van der Waals surface area contributed by atoms with E-state index in [1.54, 1.807) is 6.26 Å². The molecule has 0 radical (unpaired) electrons. The number of hydrogen-bond acceptors (Lipinski definition) is 2. The first-order valence-corrected chi connectivity index (χ1v) is 7.43. The quantitative estimate of drug-likeness (QED) is 0.533. The standard InChI is InChI=1S/C18H13ClN2O/c19-14-6-3-5-13(11-14)12-21-16-8-2-1-7-15(16)20-18(21)17-9-4-10-22-17/h1-11H,12H2. The van der Waals surface area contributed by atoms with Gasteiger partial charge in [-0.1, -0.05) is 35.9 Å². The third-order valence-electron chi connectivity index (χ3n) is 3.63. The summed E-state index contributed by atoms with van der Waals surface area (Å²) in [6.07, 6.45) is 1.67. The van der Waals surface area contributed by atoms with Gasteiger partial charge >= 0.3 is 0 Å². The maximum atomic E-state index is 6.10. The number of benzene rings is 2. The third kappa shape index (κ3) is 2.30. The number of fused-ring (bicyclic) bond motifs is 1. The highest BCUT2D eigenvalue weighted by atomic mass is 35.5. The van der Waals surface area contributed by atoms with Crippen LogP contribution in [-0.4, -0.2) is 9.55 Å². The van der Waals surface area contributed by atoms with Crippen LogP contribution < -0.4 is 0 Å². The van der Waals surface area contributed by atoms with Crippen molar-refractivity contribution >= 4 is 22.6 Å². The van der Waals surface area contributed by atoms with E-state index < -0.39 is 0 Å². The van der Waals surface area contributed by atoms with E-state index in [2.05, 4.69) is 16.7 Å². The topological polar surface area (TPSA) is 31.0 Å². The maximum absolute atomic E-state index is 6.10. The molecule has 2 heterocycles. The molecule has 2 aromatic carbocycles. The molecular formula is C18H13ClN2O. The van der Waals surface area contributed by atoms with Gasteiger partial charge in [0.25, 0.3) is 0 Å². The van der Waals surface area contributed by atoms with Gasteiger partial charge in [-0.15, -0.1) is 0 Å². The molecule has 4 heteroatoms. The fourth-order valence-electron chi connectivity index (χ4n) is 2.65. The van der Waals surface area contributed by atoms with Crippen LogP contribution in [0.4, 0.5) is 0 Å². The van der Waals surface area contributed by atoms with Crippen molar-refractivity contribution in [3.8, 4) is 11.6 Å². The molecule has 0 spiro atoms. The number of halogens is 1. The van der Waals surface area contributed by atoms with Gasteiger partial charge in [-0.3, -0.25) is 0 Å². The van der Waals surface area contributed by atoms with Crippen molar-refractivity contribution in [3.63, 3.8) is 0 Å². The molecular weight excluding hydrogens is 296 g/mol. The number of furan rings is 1. The highest BCUT2D eigenvalue weighted by Crippen LogP contribution is 2.26. The van der Waals surface area contributed by atoms with Gasteiger partial charge in [0.05, 0.1) is 17.3 Å². The third-order valence-corrected chi connectivity index (χ3v) is 3.86. The van der Waals surface area contributed by atoms with Crippen molar-refractivity contribution in [1.82, 2.24) is 9.55 Å². The van der Waals surface area contributed by atoms with E-state index in [4.69, 9.17) is 21.0 Å². The highest BCUT2D eigenvalue weighted by Gasteiger charge is 2.14. The summed E-state index contributed by atoms with van der Waals surface area (Å²) < 4.78 is 7.69. The van der Waals surface area contributed by atoms with Gasteiger partial charge in [-0.25, -0.2) is 4.98 Å². The van der Waals surface area contributed by atoms with Crippen molar-refractivity contribution < 1.29 is 4.42 Å². The SMILES string of the molecule is Clc1cccc(Cn2c(-c3ccco3)nc3ccccc32)c1. The van der Waals surface area contributed by atoms with Crippen LogP contribution in [-0.2, 0) is 6.54 Å². The fraction of sp³-hybridized carbons (Fsp3) is 0.0556. The van der Waals surface area contributed by atoms with Crippen molar-refractivity contribution in [3.05, 3.63) is 77.5 Å². The van der Waals surface area contributed by atoms with Crippen LogP contribution in [0.15, 0.2) is 71.3 Å². The van der Waals surface area contributed by atoms with Gasteiger partial charge in [0.1, 0.15) is 0 Å². The second-order valence-corrected chi connectivity index (χ2v) is 5.55. The molecule has 0 saturated heterocycles. The molecule has 0 aliphatic rings. The van der Waals surface area contributed by atoms with Gasteiger partial charge in [0.15, 0.2) is 11.6 Å². The van der Waals surface area contributed by atoms with E-state index in [1.807, 2.05) is 48.5 Å². The Bertz CT molecular complexity index is 925. The summed E-state index contributed by atoms with van der Waals surface area (Å²) in [5.74, 6) is 1.59. The Morgan fingerprint density at radius 3 is 2.73 bits per heavy atom. The molecule has 4 rings (SSSR count). The predicted octanol–water partition coefficient (Wildman–Crippen LogP) is 5.00. The van der Waals surface area contributed by atoms with Crippen molar-refractivity contribution in [2.75, 3.05) is 0 Å². The number of para-hydroxylation sites is 2. The average molecular weight is 309 g/mol. The van der Waals surface area contributed by atoms with Crippen molar-refractivity contribution in [1.29, 1.82) is 0 Å². The van der Waals surface area contributed by atoms with E-state index in [9.17, 15) is 0 Å². The molecule has 0 aliphatic carbocycles. The molecule has 0 N–H and O–H groups in total. The first-order valence-electron chi connectivity index (χ1n) is 7.05. The minimum absolute atomic E-state index is 0.692. The Morgan fingerprint density at radius 2 is 1.91 bits per heavy atom. The Hall–Kier alpha value is -2.52. The molecule has 0 aliphatic heterocycles. The van der Waals surface area contributed by atoms with Crippen LogP contribution in [0, 0.1) is 0 Å². The van der Waals surface area contributed by atoms with E-state index >= 15 is 0 Å². The monoisotopic (exact) mass is 308 g/mol. The van der Waals surface area contributed by atoms with Crippen LogP contribution >= 0.6 is 11.6 Å². The Labute approximate surface area is 132 Å². The molecule has 2 aromatic heterocycles. The first kappa shape index (κ1) is 13.2. The summed E-state index contributed by atoms with van der Waals surface area (Å²) in [7, 11) is 0. The lowest BCUT2D eigenvalue weighted by molar-refractivity contribution is 0.572. The van der Waals surface area contributed by atoms with E-state index in [0.717, 1.165) is 33.2 Å². The van der Waals surface area contributed by atoms with Gasteiger partial charge in [-0.2, -0.15) is 0 Å². The molecule has 0 bridgehead atoms. The molecule has 0 fully saturated rings. The van der Waals surface area contributed by atoms with Crippen LogP contribution in [0.5, 0.6) is 0 Å². The maximum Gasteiger partial charge on any atom is 0.177 e. The lowest BCUT2D eigenvalue weighted by atomic mass is 10.2. The molecule has 4 aromatic rings. The largest absolute Gasteiger partial charge is 0.461 e. The number of hydrogen-bond donors (Lipinski definition) is 0. The van der Waals surface area contributed by atoms with Gasteiger partial charge in [0.2, 0.25) is 0 Å². The minimum Gasteiger partial charge on any atom is -0.461 e. The number of rotatable bonds is 3. The molecule has 0 amide bonds. The lowest BCUT2D eigenvalue weighted by Crippen LogP contribution is -2.01. The number of nitrogens with zero attached hydrogens (tertiary/aromatic N) is 2. The highest BCUT2D eigenvalue weighted by molar-refractivity contribution is 6.30. The summed E-state index contributed by atoms with van der Waals surface area (Å²) in [6.45, 7) is 0.692. The lowest BCUT2D eigenvalue weighted by Gasteiger charge is -2.08. The first-order chi connectivity index (χ1) is 10.8. The molecule has 0 unspecified atom stereocenters. The Morgan fingerprint density at radius 1 is 1.00 bits per heavy atom. The van der Waals surface area contributed by atoms with Gasteiger partial charge in [0, 0.05) is 11.6 Å². The normalized spacial score (nSPS) is 11.1. The van der Waals surface area contributed by atoms with Crippen LogP contribution in [0.25, 0.3) is 22.6 Å². The van der Waals surface area contributed by atoms with Crippen molar-refractivity contribution in [2.24, 2.45) is 0 Å². The zero-order chi connectivity index (χ0) is 14.9. The molecule has 3 nitrogen and oxygen atoms in total. The second kappa shape index (κ2) is 5.35. The summed E-state index contributed by atoms with van der Waals surface area (Å²) >= 11 is 6.10. The van der Waals surface area contributed by atoms with Crippen molar-refractivity contribution in [2.45, 2.75) is 6.54 Å². The van der Waals surface area contributed by atoms with Gasteiger partial charge in [-0.05, 0) is 42.0 Å². The summed E-state index contributed by atoms with van der Waals surface area (Å²) in [5, 5.41) is 0.737. The number of aromatic nitrogens is 2. The number of imidazole rings is 1. The summed E-state index contributed by atoms with van der Waals surface area (Å²) in [6, 6.07) is 19.8. The molecule has 0 atom stereocenters. The fourth-order valence-corrected chi connectivity index (χ4v) is 2.86. The van der Waals surface area contributed by atoms with Crippen LogP contribution in [0.1, 0.15) is 5.56 Å². The van der Waals surface area contributed by atoms with Crippen LogP contribution in [0.2, 0.25) is 5.02 Å². The van der Waals surface area contributed by atoms with Crippen LogP contribution in [0.3, 0.4) is 0 Å². The molecule has 108 valence electrons. The average Bonchev–Trinajstić information content (AvgIpc) is 3.15. The van der Waals surface area contributed by atoms with E-state index in [0.29, 0.717) is 6.54 Å². The van der Waals surface area contributed by atoms with E-state index in [1.165, 1.54) is 0 Å². The summed E-state index contributed by atoms with van der Waals surface area (Å²) in [4.78, 5) is 4.71. The Kier molecular flexibility index (Phi) is 3.20. The molecule has 0 saturated carbocycles. The second-order valence-electron chi connectivity index (χ2n) is 5.12. The zero-order valence-corrected chi connectivity index (χ0v) is 12.5. The van der Waals surface area contributed by atoms with E-state index in [-0.39, 0.29) is 0 Å². The summed E-state index contributed by atoms with van der Waals surface area (Å²) in [5.41, 5.74) is 3.16. The minimum atomic E-state index is 0.692. The van der Waals surface area contributed by atoms with Gasteiger partial charge < -0.3 is 8.98 Å². The molecule has 22 heavy (non-hydrogen) atoms.